The molecule has 3 heterocycles. The number of carbonyl (C=O) groups excluding carboxylic acids is 1. The number of nitrogens with one attached hydrogen (secondary N) is 1. The molecule has 3 aliphatic rings. The van der Waals surface area contributed by atoms with Gasteiger partial charge in [0.15, 0.2) is 0 Å². The van der Waals surface area contributed by atoms with Gasteiger partial charge < -0.3 is 15.0 Å². The van der Waals surface area contributed by atoms with Gasteiger partial charge in [-0.1, -0.05) is 12.1 Å². The minimum absolute atomic E-state index is 0.141. The number of fused-ring (bicyclic) bond motifs is 2. The predicted octanol–water partition coefficient (Wildman–Crippen LogP) is 2.14. The van der Waals surface area contributed by atoms with Crippen molar-refractivity contribution in [2.24, 2.45) is 0 Å². The summed E-state index contributed by atoms with van der Waals surface area (Å²) in [5.74, 6) is 0.166. The van der Waals surface area contributed by atoms with Gasteiger partial charge in [-0.15, -0.1) is 0 Å². The van der Waals surface area contributed by atoms with Crippen LogP contribution in [0.2, 0.25) is 0 Å². The van der Waals surface area contributed by atoms with Gasteiger partial charge in [-0.2, -0.15) is 0 Å². The van der Waals surface area contributed by atoms with E-state index in [0.717, 1.165) is 57.6 Å². The van der Waals surface area contributed by atoms with E-state index in [0.29, 0.717) is 0 Å². The van der Waals surface area contributed by atoms with Crippen molar-refractivity contribution in [3.8, 4) is 0 Å². The van der Waals surface area contributed by atoms with E-state index in [1.54, 1.807) is 0 Å². The summed E-state index contributed by atoms with van der Waals surface area (Å²) in [6, 6.07) is 6.61. The van der Waals surface area contributed by atoms with E-state index in [9.17, 15) is 4.79 Å². The molecular formula is C18H24N2O2. The lowest BCUT2D eigenvalue weighted by molar-refractivity contribution is -0.127. The molecule has 0 bridgehead atoms. The van der Waals surface area contributed by atoms with Gasteiger partial charge in [-0.05, 0) is 62.9 Å². The molecule has 0 aliphatic carbocycles. The highest BCUT2D eigenvalue weighted by Gasteiger charge is 2.46. The minimum atomic E-state index is -0.231. The van der Waals surface area contributed by atoms with E-state index >= 15 is 0 Å². The molecule has 4 nitrogen and oxygen atoms in total. The van der Waals surface area contributed by atoms with Gasteiger partial charge in [0.05, 0.1) is 0 Å². The Morgan fingerprint density at radius 1 is 1.36 bits per heavy atom. The first-order valence-electron chi connectivity index (χ1n) is 8.44. The third-order valence-corrected chi connectivity index (χ3v) is 5.51. The van der Waals surface area contributed by atoms with Crippen LogP contribution in [-0.4, -0.2) is 38.3 Å². The fourth-order valence-corrected chi connectivity index (χ4v) is 4.26. The molecule has 0 aromatic heterocycles. The highest BCUT2D eigenvalue weighted by atomic mass is 16.5. The normalized spacial score (nSPS) is 26.4. The lowest BCUT2D eigenvalue weighted by Crippen LogP contribution is -2.46. The number of ether oxygens (including phenoxy) is 1. The molecule has 0 radical (unpaired) electrons. The van der Waals surface area contributed by atoms with Gasteiger partial charge in [-0.25, -0.2) is 0 Å². The number of anilines is 1. The fraction of sp³-hybridized carbons (Fsp3) is 0.611. The molecule has 1 aromatic rings. The zero-order valence-electron chi connectivity index (χ0n) is 13.2. The number of amides is 1. The van der Waals surface area contributed by atoms with Crippen LogP contribution >= 0.6 is 0 Å². The maximum atomic E-state index is 12.9. The van der Waals surface area contributed by atoms with Crippen LogP contribution in [0.15, 0.2) is 18.2 Å². The van der Waals surface area contributed by atoms with E-state index < -0.39 is 0 Å². The fourth-order valence-electron chi connectivity index (χ4n) is 4.26. The minimum Gasteiger partial charge on any atom is -0.368 e. The van der Waals surface area contributed by atoms with Crippen LogP contribution < -0.4 is 10.2 Å². The average Bonchev–Trinajstić information content (AvgIpc) is 3.15. The quantitative estimate of drug-likeness (QED) is 0.864. The van der Waals surface area contributed by atoms with Crippen LogP contribution in [0.4, 0.5) is 5.69 Å². The van der Waals surface area contributed by atoms with Crippen molar-refractivity contribution < 1.29 is 9.53 Å². The predicted molar refractivity (Wildman–Crippen MR) is 86.3 cm³/mol. The first-order valence-corrected chi connectivity index (χ1v) is 8.44. The van der Waals surface area contributed by atoms with Gasteiger partial charge in [0.25, 0.3) is 5.91 Å². The highest BCUT2D eigenvalue weighted by Crippen LogP contribution is 2.46. The molecular weight excluding hydrogens is 276 g/mol. The Balaban J connectivity index is 1.72. The van der Waals surface area contributed by atoms with Crippen molar-refractivity contribution in [1.29, 1.82) is 0 Å². The third kappa shape index (κ3) is 2.17. The Bertz CT molecular complexity index is 587. The molecule has 1 unspecified atom stereocenters. The molecule has 1 N–H and O–H groups in total. The summed E-state index contributed by atoms with van der Waals surface area (Å²) in [6.45, 7) is 5.72. The van der Waals surface area contributed by atoms with Crippen molar-refractivity contribution in [1.82, 2.24) is 5.32 Å². The molecule has 22 heavy (non-hydrogen) atoms. The van der Waals surface area contributed by atoms with Crippen molar-refractivity contribution in [3.63, 3.8) is 0 Å². The molecule has 1 aromatic carbocycles. The first-order chi connectivity index (χ1) is 10.7. The average molecular weight is 300 g/mol. The molecule has 1 amide bonds. The molecule has 4 rings (SSSR count). The topological polar surface area (TPSA) is 41.6 Å². The molecule has 2 fully saturated rings. The summed E-state index contributed by atoms with van der Waals surface area (Å²) in [6.07, 6.45) is 3.85. The van der Waals surface area contributed by atoms with Crippen LogP contribution in [0, 0.1) is 6.92 Å². The van der Waals surface area contributed by atoms with Gasteiger partial charge in [0.2, 0.25) is 0 Å². The maximum absolute atomic E-state index is 12.9. The van der Waals surface area contributed by atoms with Crippen LogP contribution in [0.25, 0.3) is 0 Å². The molecule has 1 spiro atoms. The zero-order valence-corrected chi connectivity index (χ0v) is 13.2. The highest BCUT2D eigenvalue weighted by molar-refractivity contribution is 5.99. The van der Waals surface area contributed by atoms with Gasteiger partial charge >= 0.3 is 0 Å². The number of piperidine rings is 1. The SMILES string of the molecule is Cc1ccc2c(c1)N(C(=O)C1CCCO1)CC21CCNCC1. The largest absolute Gasteiger partial charge is 0.368 e. The molecule has 0 saturated carbocycles. The number of carbonyl (C=O) groups is 1. The molecule has 3 aliphatic heterocycles. The van der Waals surface area contributed by atoms with E-state index in [1.165, 1.54) is 11.1 Å². The smallest absolute Gasteiger partial charge is 0.256 e. The van der Waals surface area contributed by atoms with Crippen molar-refractivity contribution in [2.75, 3.05) is 31.1 Å². The Morgan fingerprint density at radius 3 is 2.91 bits per heavy atom. The number of hydrogen-bond acceptors (Lipinski definition) is 3. The zero-order chi connectivity index (χ0) is 15.2. The standard InChI is InChI=1S/C18H24N2O2/c1-13-4-5-14-15(11-13)20(17(21)16-3-2-10-22-16)12-18(14)6-8-19-9-7-18/h4-5,11,16,19H,2-3,6-10,12H2,1H3. The molecule has 2 saturated heterocycles. The summed E-state index contributed by atoms with van der Waals surface area (Å²) < 4.78 is 5.64. The van der Waals surface area contributed by atoms with E-state index in [-0.39, 0.29) is 17.4 Å². The molecule has 4 heteroatoms. The summed E-state index contributed by atoms with van der Waals surface area (Å²) in [5.41, 5.74) is 3.85. The van der Waals surface area contributed by atoms with Gasteiger partial charge in [0.1, 0.15) is 6.10 Å². The number of hydrogen-bond donors (Lipinski definition) is 1. The lowest BCUT2D eigenvalue weighted by Gasteiger charge is -2.34. The Kier molecular flexibility index (Phi) is 3.46. The van der Waals surface area contributed by atoms with Crippen LogP contribution in [-0.2, 0) is 14.9 Å². The van der Waals surface area contributed by atoms with Crippen molar-refractivity contribution >= 4 is 11.6 Å². The second kappa shape index (κ2) is 5.36. The number of benzene rings is 1. The lowest BCUT2D eigenvalue weighted by atomic mass is 9.74. The first kappa shape index (κ1) is 14.2. The Morgan fingerprint density at radius 2 is 2.18 bits per heavy atom. The van der Waals surface area contributed by atoms with Crippen LogP contribution in [0.5, 0.6) is 0 Å². The summed E-state index contributed by atoms with van der Waals surface area (Å²) in [4.78, 5) is 15.0. The van der Waals surface area contributed by atoms with Crippen molar-refractivity contribution in [3.05, 3.63) is 29.3 Å². The third-order valence-electron chi connectivity index (χ3n) is 5.51. The van der Waals surface area contributed by atoms with Crippen LogP contribution in [0.1, 0.15) is 36.8 Å². The van der Waals surface area contributed by atoms with Crippen molar-refractivity contribution in [2.45, 2.75) is 44.1 Å². The summed E-state index contributed by atoms with van der Waals surface area (Å²) in [7, 11) is 0. The molecule has 1 atom stereocenters. The monoisotopic (exact) mass is 300 g/mol. The Labute approximate surface area is 131 Å². The Hall–Kier alpha value is -1.39. The van der Waals surface area contributed by atoms with E-state index in [2.05, 4.69) is 30.4 Å². The number of aryl methyl sites for hydroxylation is 1. The second-order valence-electron chi connectivity index (χ2n) is 6.98. The summed E-state index contributed by atoms with van der Waals surface area (Å²) >= 11 is 0. The maximum Gasteiger partial charge on any atom is 0.256 e. The summed E-state index contributed by atoms with van der Waals surface area (Å²) in [5, 5.41) is 3.45. The van der Waals surface area contributed by atoms with Gasteiger partial charge in [0, 0.05) is 24.3 Å². The second-order valence-corrected chi connectivity index (χ2v) is 6.98. The van der Waals surface area contributed by atoms with E-state index in [1.807, 2.05) is 4.90 Å². The van der Waals surface area contributed by atoms with E-state index in [4.69, 9.17) is 4.74 Å². The molecule has 118 valence electrons. The van der Waals surface area contributed by atoms with Gasteiger partial charge in [-0.3, -0.25) is 4.79 Å². The number of nitrogens with zero attached hydrogens (tertiary/aromatic N) is 1. The van der Waals surface area contributed by atoms with Crippen LogP contribution in [0.3, 0.4) is 0 Å². The number of rotatable bonds is 1.